The second kappa shape index (κ2) is 5.13. The summed E-state index contributed by atoms with van der Waals surface area (Å²) in [4.78, 5) is 24.6. The number of anilines is 1. The number of thiazole rings is 1. The van der Waals surface area contributed by atoms with E-state index in [9.17, 15) is 4.79 Å². The molecule has 0 aliphatic carbocycles. The van der Waals surface area contributed by atoms with Gasteiger partial charge in [0.05, 0.1) is 11.7 Å². The lowest BCUT2D eigenvalue weighted by atomic mass is 9.89. The van der Waals surface area contributed by atoms with Gasteiger partial charge in [0.2, 0.25) is 5.91 Å². The van der Waals surface area contributed by atoms with Crippen LogP contribution in [0.25, 0.3) is 0 Å². The Morgan fingerprint density at radius 3 is 2.68 bits per heavy atom. The smallest absolute Gasteiger partial charge is 0.237 e. The molecule has 2 heterocycles. The Bertz CT molecular complexity index is 557. The van der Waals surface area contributed by atoms with E-state index in [2.05, 4.69) is 34.1 Å². The summed E-state index contributed by atoms with van der Waals surface area (Å²) in [5.41, 5.74) is 0.116. The molecule has 0 atom stereocenters. The van der Waals surface area contributed by atoms with Crippen LogP contribution in [0.5, 0.6) is 0 Å². The van der Waals surface area contributed by atoms with Crippen LogP contribution in [0.1, 0.15) is 44.2 Å². The van der Waals surface area contributed by atoms with Gasteiger partial charge in [-0.3, -0.25) is 4.79 Å². The third kappa shape index (κ3) is 2.84. The van der Waals surface area contributed by atoms with Crippen molar-refractivity contribution in [3.8, 4) is 0 Å². The van der Waals surface area contributed by atoms with Crippen molar-refractivity contribution in [3.63, 3.8) is 0 Å². The highest BCUT2D eigenvalue weighted by Crippen LogP contribution is 2.27. The number of carbonyl (C=O) groups excluding carboxylic acids is 1. The molecule has 2 aromatic rings. The number of rotatable bonds is 4. The summed E-state index contributed by atoms with van der Waals surface area (Å²) in [6.45, 7) is 7.92. The third-order valence-corrected chi connectivity index (χ3v) is 4.27. The van der Waals surface area contributed by atoms with Crippen molar-refractivity contribution < 1.29 is 4.79 Å². The van der Waals surface area contributed by atoms with Gasteiger partial charge in [0, 0.05) is 23.0 Å². The number of nitrogens with one attached hydrogen (secondary N) is 2. The van der Waals surface area contributed by atoms with Gasteiger partial charge in [0.25, 0.3) is 0 Å². The summed E-state index contributed by atoms with van der Waals surface area (Å²) in [6.07, 6.45) is 5.06. The fourth-order valence-corrected chi connectivity index (χ4v) is 2.40. The van der Waals surface area contributed by atoms with E-state index in [0.717, 1.165) is 10.6 Å². The predicted octanol–water partition coefficient (Wildman–Crippen LogP) is 2.91. The van der Waals surface area contributed by atoms with Gasteiger partial charge in [0.1, 0.15) is 0 Å². The van der Waals surface area contributed by atoms with Crippen LogP contribution in [-0.2, 0) is 10.2 Å². The minimum absolute atomic E-state index is 0.0959. The average molecular weight is 278 g/mol. The summed E-state index contributed by atoms with van der Waals surface area (Å²) in [5, 5.41) is 3.51. The number of hydrogen-bond acceptors (Lipinski definition) is 4. The van der Waals surface area contributed by atoms with Crippen molar-refractivity contribution in [2.75, 3.05) is 5.32 Å². The highest BCUT2D eigenvalue weighted by atomic mass is 32.1. The van der Waals surface area contributed by atoms with E-state index in [1.807, 2.05) is 20.0 Å². The van der Waals surface area contributed by atoms with Gasteiger partial charge in [0.15, 0.2) is 5.13 Å². The van der Waals surface area contributed by atoms with Crippen molar-refractivity contribution in [2.45, 2.75) is 39.0 Å². The molecule has 0 bridgehead atoms. The van der Waals surface area contributed by atoms with E-state index >= 15 is 0 Å². The molecule has 2 N–H and O–H groups in total. The molecule has 0 saturated carbocycles. The molecule has 2 rings (SSSR count). The van der Waals surface area contributed by atoms with E-state index in [4.69, 9.17) is 0 Å². The lowest BCUT2D eigenvalue weighted by molar-refractivity contribution is -0.120. The maximum atomic E-state index is 12.3. The Hall–Kier alpha value is -1.69. The van der Waals surface area contributed by atoms with Gasteiger partial charge in [-0.25, -0.2) is 9.97 Å². The molecule has 0 aliphatic rings. The first-order chi connectivity index (χ1) is 8.91. The Balaban J connectivity index is 2.12. The first kappa shape index (κ1) is 13.7. The molecule has 0 aromatic carbocycles. The topological polar surface area (TPSA) is 70.7 Å². The summed E-state index contributed by atoms with van der Waals surface area (Å²) < 4.78 is 0. The molecule has 0 saturated heterocycles. The quantitative estimate of drug-likeness (QED) is 0.903. The van der Waals surface area contributed by atoms with Crippen molar-refractivity contribution in [1.82, 2.24) is 15.0 Å². The van der Waals surface area contributed by atoms with Gasteiger partial charge in [-0.1, -0.05) is 13.8 Å². The van der Waals surface area contributed by atoms with Gasteiger partial charge in [-0.15, -0.1) is 11.3 Å². The van der Waals surface area contributed by atoms with Crippen LogP contribution < -0.4 is 5.32 Å². The number of hydrogen-bond donors (Lipinski definition) is 2. The number of carbonyl (C=O) groups is 1. The third-order valence-electron chi connectivity index (χ3n) is 3.05. The maximum Gasteiger partial charge on any atom is 0.237 e. The molecule has 2 aromatic heterocycles. The Labute approximate surface area is 116 Å². The van der Waals surface area contributed by atoms with Crippen molar-refractivity contribution in [1.29, 1.82) is 0 Å². The number of aromatic nitrogens is 3. The van der Waals surface area contributed by atoms with Gasteiger partial charge in [-0.2, -0.15) is 0 Å². The van der Waals surface area contributed by atoms with Crippen LogP contribution in [0.4, 0.5) is 5.13 Å². The largest absolute Gasteiger partial charge is 0.348 e. The van der Waals surface area contributed by atoms with E-state index in [1.54, 1.807) is 12.5 Å². The molecule has 1 amide bonds. The Morgan fingerprint density at radius 2 is 2.16 bits per heavy atom. The molecule has 102 valence electrons. The molecule has 0 radical (unpaired) electrons. The first-order valence-electron chi connectivity index (χ1n) is 6.17. The summed E-state index contributed by atoms with van der Waals surface area (Å²) in [7, 11) is 0. The summed E-state index contributed by atoms with van der Waals surface area (Å²) in [6, 6.07) is 0. The second-order valence-corrected chi connectivity index (χ2v) is 6.33. The lowest BCUT2D eigenvalue weighted by Gasteiger charge is -2.20. The molecule has 0 fully saturated rings. The zero-order chi connectivity index (χ0) is 14.0. The van der Waals surface area contributed by atoms with Gasteiger partial charge < -0.3 is 10.3 Å². The molecule has 6 heteroatoms. The number of amides is 1. The molecular formula is C13H18N4OS. The van der Waals surface area contributed by atoms with Gasteiger partial charge >= 0.3 is 0 Å². The fraction of sp³-hybridized carbons (Fsp3) is 0.462. The second-order valence-electron chi connectivity index (χ2n) is 5.27. The van der Waals surface area contributed by atoms with Crippen LogP contribution in [0.3, 0.4) is 0 Å². The molecule has 5 nitrogen and oxygen atoms in total. The number of H-pyrrole nitrogens is 1. The van der Waals surface area contributed by atoms with E-state index in [-0.39, 0.29) is 5.91 Å². The molecule has 0 unspecified atom stereocenters. The highest BCUT2D eigenvalue weighted by molar-refractivity contribution is 7.15. The Kier molecular flexibility index (Phi) is 3.71. The van der Waals surface area contributed by atoms with E-state index in [0.29, 0.717) is 11.0 Å². The SMILES string of the molecule is CC(C)c1cnc(NC(=O)C(C)(C)c2cnc[nH]2)s1. The Morgan fingerprint density at radius 1 is 1.42 bits per heavy atom. The van der Waals surface area contributed by atoms with Gasteiger partial charge in [-0.05, 0) is 19.8 Å². The zero-order valence-electron chi connectivity index (χ0n) is 11.5. The molecule has 0 aliphatic heterocycles. The normalized spacial score (nSPS) is 11.8. The standard InChI is InChI=1S/C13H18N4OS/c1-8(2)9-5-15-12(19-9)17-11(18)13(3,4)10-6-14-7-16-10/h5-8H,1-4H3,(H,14,16)(H,15,17,18). The van der Waals surface area contributed by atoms with Crippen LogP contribution in [-0.4, -0.2) is 20.9 Å². The van der Waals surface area contributed by atoms with Crippen LogP contribution in [0.2, 0.25) is 0 Å². The summed E-state index contributed by atoms with van der Waals surface area (Å²) in [5.74, 6) is 0.324. The minimum atomic E-state index is -0.667. The monoisotopic (exact) mass is 278 g/mol. The summed E-state index contributed by atoms with van der Waals surface area (Å²) >= 11 is 1.51. The van der Waals surface area contributed by atoms with E-state index < -0.39 is 5.41 Å². The predicted molar refractivity (Wildman–Crippen MR) is 76.4 cm³/mol. The molecule has 0 spiro atoms. The first-order valence-corrected chi connectivity index (χ1v) is 6.99. The molecular weight excluding hydrogens is 260 g/mol. The number of aromatic amines is 1. The average Bonchev–Trinajstić information content (AvgIpc) is 2.99. The lowest BCUT2D eigenvalue weighted by Crippen LogP contribution is -2.35. The number of imidazole rings is 1. The van der Waals surface area contributed by atoms with E-state index in [1.165, 1.54) is 11.3 Å². The van der Waals surface area contributed by atoms with Crippen molar-refractivity contribution in [3.05, 3.63) is 29.3 Å². The van der Waals surface area contributed by atoms with Crippen LogP contribution in [0.15, 0.2) is 18.7 Å². The minimum Gasteiger partial charge on any atom is -0.348 e. The van der Waals surface area contributed by atoms with Crippen molar-refractivity contribution in [2.24, 2.45) is 0 Å². The highest BCUT2D eigenvalue weighted by Gasteiger charge is 2.31. The number of nitrogens with zero attached hydrogens (tertiary/aromatic N) is 2. The maximum absolute atomic E-state index is 12.3. The fourth-order valence-electron chi connectivity index (χ4n) is 1.58. The van der Waals surface area contributed by atoms with Crippen LogP contribution >= 0.6 is 11.3 Å². The van der Waals surface area contributed by atoms with Crippen LogP contribution in [0, 0.1) is 0 Å². The molecule has 19 heavy (non-hydrogen) atoms. The van der Waals surface area contributed by atoms with Crippen molar-refractivity contribution >= 4 is 22.4 Å². The zero-order valence-corrected chi connectivity index (χ0v) is 12.3.